The highest BCUT2D eigenvalue weighted by molar-refractivity contribution is 6.15. The number of anilines is 1. The molecule has 0 spiro atoms. The zero-order chi connectivity index (χ0) is 31.6. The normalized spacial score (nSPS) is 14.3. The van der Waals surface area contributed by atoms with E-state index in [-0.39, 0.29) is 6.17 Å². The van der Waals surface area contributed by atoms with Crippen LogP contribution in [0.3, 0.4) is 0 Å². The van der Waals surface area contributed by atoms with E-state index in [4.69, 9.17) is 4.99 Å². The topological polar surface area (TPSA) is 34.2 Å². The molecule has 3 heterocycles. The minimum Gasteiger partial charge on any atom is -0.358 e. The maximum Gasteiger partial charge on any atom is 0.148 e. The number of aromatic nitrogens is 2. The lowest BCUT2D eigenvalue weighted by Gasteiger charge is -2.30. The largest absolute Gasteiger partial charge is 0.358 e. The number of aliphatic imine (C=N–C) groups is 1. The van der Waals surface area contributed by atoms with Crippen molar-refractivity contribution in [2.45, 2.75) is 6.17 Å². The van der Waals surface area contributed by atoms with E-state index in [1.165, 1.54) is 60.4 Å². The Morgan fingerprint density at radius 3 is 1.75 bits per heavy atom. The number of hydrogen-bond donors (Lipinski definition) is 1. The van der Waals surface area contributed by atoms with Crippen LogP contribution in [0, 0.1) is 0 Å². The van der Waals surface area contributed by atoms with E-state index in [0.717, 1.165) is 22.6 Å². The first-order valence-corrected chi connectivity index (χ1v) is 16.4. The van der Waals surface area contributed by atoms with Gasteiger partial charge in [0, 0.05) is 32.8 Å². The monoisotopic (exact) mass is 614 g/mol. The predicted molar refractivity (Wildman–Crippen MR) is 201 cm³/mol. The van der Waals surface area contributed by atoms with E-state index < -0.39 is 0 Å². The Morgan fingerprint density at radius 2 is 0.979 bits per heavy atom. The van der Waals surface area contributed by atoms with Crippen LogP contribution in [0.2, 0.25) is 0 Å². The minimum atomic E-state index is -0.184. The minimum absolute atomic E-state index is 0.184. The summed E-state index contributed by atoms with van der Waals surface area (Å²) >= 11 is 0. The van der Waals surface area contributed by atoms with E-state index in [2.05, 4.69) is 178 Å². The van der Waals surface area contributed by atoms with E-state index in [0.29, 0.717) is 0 Å². The maximum atomic E-state index is 5.24. The van der Waals surface area contributed by atoms with Gasteiger partial charge in [-0.05, 0) is 71.8 Å². The van der Waals surface area contributed by atoms with Crippen LogP contribution in [-0.2, 0) is 0 Å². The molecule has 0 saturated heterocycles. The summed E-state index contributed by atoms with van der Waals surface area (Å²) in [6.07, 6.45) is -0.184. The van der Waals surface area contributed by atoms with Crippen molar-refractivity contribution in [1.29, 1.82) is 0 Å². The highest BCUT2D eigenvalue weighted by atomic mass is 15.2. The van der Waals surface area contributed by atoms with Gasteiger partial charge in [0.25, 0.3) is 0 Å². The van der Waals surface area contributed by atoms with E-state index in [1.807, 2.05) is 6.07 Å². The summed E-state index contributed by atoms with van der Waals surface area (Å²) < 4.78 is 4.79. The third-order valence-corrected chi connectivity index (χ3v) is 9.75. The van der Waals surface area contributed by atoms with E-state index >= 15 is 0 Å². The number of fused-ring (bicyclic) bond motifs is 7. The molecular formula is C44H30N4. The molecule has 0 amide bonds. The Labute approximate surface area is 277 Å². The van der Waals surface area contributed by atoms with Crippen LogP contribution in [0.25, 0.3) is 60.4 Å². The Hall–Kier alpha value is -6.39. The van der Waals surface area contributed by atoms with Gasteiger partial charge in [0.2, 0.25) is 0 Å². The molecule has 1 aliphatic rings. The van der Waals surface area contributed by atoms with Crippen molar-refractivity contribution < 1.29 is 0 Å². The lowest BCUT2D eigenvalue weighted by molar-refractivity contribution is 0.759. The van der Waals surface area contributed by atoms with Crippen molar-refractivity contribution in [2.24, 2.45) is 4.99 Å². The number of benzene rings is 7. The standard InChI is InChI=1S/C44H30N4/c1-3-13-29(14-4-1)43-44(46-38-20-10-9-19-37(38)45-43)48-40-22-12-8-18-34(40)36-28-31(24-26-42(36)48)30-23-25-41-35(27-30)33-17-7-11-21-39(33)47(41)32-15-5-2-6-16-32/h1-28,44,46H. The molecule has 1 aliphatic heterocycles. The molecule has 226 valence electrons. The first kappa shape index (κ1) is 26.8. The molecule has 0 radical (unpaired) electrons. The number of nitrogens with one attached hydrogen (secondary N) is 1. The Morgan fingerprint density at radius 1 is 0.438 bits per heavy atom. The first-order chi connectivity index (χ1) is 23.8. The summed E-state index contributed by atoms with van der Waals surface area (Å²) in [5, 5.41) is 8.82. The van der Waals surface area contributed by atoms with Gasteiger partial charge in [0.1, 0.15) is 6.17 Å². The summed E-state index contributed by atoms with van der Waals surface area (Å²) in [6.45, 7) is 0. The molecule has 48 heavy (non-hydrogen) atoms. The molecule has 0 saturated carbocycles. The van der Waals surface area contributed by atoms with Crippen LogP contribution in [0.15, 0.2) is 175 Å². The number of nitrogens with zero attached hydrogens (tertiary/aromatic N) is 3. The zero-order valence-electron chi connectivity index (χ0n) is 26.1. The van der Waals surface area contributed by atoms with Crippen LogP contribution in [0.5, 0.6) is 0 Å². The fourth-order valence-corrected chi connectivity index (χ4v) is 7.59. The second kappa shape index (κ2) is 10.6. The summed E-state index contributed by atoms with van der Waals surface area (Å²) in [6, 6.07) is 60.7. The number of hydrogen-bond acceptors (Lipinski definition) is 2. The smallest absolute Gasteiger partial charge is 0.148 e. The van der Waals surface area contributed by atoms with Gasteiger partial charge in [-0.15, -0.1) is 0 Å². The first-order valence-electron chi connectivity index (χ1n) is 16.4. The molecule has 0 bridgehead atoms. The lowest BCUT2D eigenvalue weighted by Crippen LogP contribution is -2.30. The van der Waals surface area contributed by atoms with Crippen molar-refractivity contribution in [3.63, 3.8) is 0 Å². The van der Waals surface area contributed by atoms with Crippen molar-refractivity contribution in [3.05, 3.63) is 175 Å². The summed E-state index contributed by atoms with van der Waals surface area (Å²) in [4.78, 5) is 5.24. The average molecular weight is 615 g/mol. The van der Waals surface area contributed by atoms with E-state index in [1.54, 1.807) is 0 Å². The molecule has 1 atom stereocenters. The fourth-order valence-electron chi connectivity index (χ4n) is 7.59. The second-order valence-electron chi connectivity index (χ2n) is 12.5. The van der Waals surface area contributed by atoms with Gasteiger partial charge in [-0.25, -0.2) is 4.99 Å². The Kier molecular flexibility index (Phi) is 5.90. The Balaban J connectivity index is 1.16. The summed E-state index contributed by atoms with van der Waals surface area (Å²) in [5.41, 5.74) is 12.4. The number of para-hydroxylation sites is 5. The summed E-state index contributed by atoms with van der Waals surface area (Å²) in [5.74, 6) is 0. The molecule has 7 aromatic carbocycles. The third kappa shape index (κ3) is 4.06. The molecular weight excluding hydrogens is 585 g/mol. The summed E-state index contributed by atoms with van der Waals surface area (Å²) in [7, 11) is 0. The van der Waals surface area contributed by atoms with Gasteiger partial charge in [-0.3, -0.25) is 0 Å². The molecule has 0 fully saturated rings. The van der Waals surface area contributed by atoms with Crippen LogP contribution in [-0.4, -0.2) is 14.8 Å². The second-order valence-corrected chi connectivity index (χ2v) is 12.5. The van der Waals surface area contributed by atoms with Crippen molar-refractivity contribution in [2.75, 3.05) is 5.32 Å². The predicted octanol–water partition coefficient (Wildman–Crippen LogP) is 11.3. The molecule has 4 heteroatoms. The van der Waals surface area contributed by atoms with Crippen LogP contribution >= 0.6 is 0 Å². The van der Waals surface area contributed by atoms with Gasteiger partial charge in [0.05, 0.1) is 39.2 Å². The molecule has 1 N–H and O–H groups in total. The average Bonchev–Trinajstić information content (AvgIpc) is 3.67. The lowest BCUT2D eigenvalue weighted by atomic mass is 10.0. The van der Waals surface area contributed by atoms with Gasteiger partial charge in [-0.1, -0.05) is 109 Å². The Bertz CT molecular complexity index is 2700. The van der Waals surface area contributed by atoms with E-state index in [9.17, 15) is 0 Å². The molecule has 1 unspecified atom stereocenters. The van der Waals surface area contributed by atoms with Gasteiger partial charge in [-0.2, -0.15) is 0 Å². The van der Waals surface area contributed by atoms with Crippen LogP contribution in [0.4, 0.5) is 11.4 Å². The maximum absolute atomic E-state index is 5.24. The van der Waals surface area contributed by atoms with Gasteiger partial charge >= 0.3 is 0 Å². The quantitative estimate of drug-likeness (QED) is 0.210. The zero-order valence-corrected chi connectivity index (χ0v) is 26.1. The fraction of sp³-hybridized carbons (Fsp3) is 0.0227. The highest BCUT2D eigenvalue weighted by Gasteiger charge is 2.28. The molecule has 0 aliphatic carbocycles. The van der Waals surface area contributed by atoms with Crippen LogP contribution < -0.4 is 5.32 Å². The third-order valence-electron chi connectivity index (χ3n) is 9.75. The van der Waals surface area contributed by atoms with Crippen LogP contribution in [0.1, 0.15) is 11.7 Å². The molecule has 9 aromatic rings. The van der Waals surface area contributed by atoms with Crippen molar-refractivity contribution in [3.8, 4) is 16.8 Å². The molecule has 2 aromatic heterocycles. The van der Waals surface area contributed by atoms with Gasteiger partial charge < -0.3 is 14.5 Å². The van der Waals surface area contributed by atoms with Gasteiger partial charge in [0.15, 0.2) is 0 Å². The molecule has 4 nitrogen and oxygen atoms in total. The van der Waals surface area contributed by atoms with Crippen molar-refractivity contribution >= 4 is 60.7 Å². The highest BCUT2D eigenvalue weighted by Crippen LogP contribution is 2.41. The molecule has 10 rings (SSSR count). The SMILES string of the molecule is c1ccc(C2=Nc3ccccc3NC2n2c3ccccc3c3cc(-c4ccc5c(c4)c4ccccc4n5-c4ccccc4)ccc32)cc1. The number of rotatable bonds is 4. The van der Waals surface area contributed by atoms with Crippen molar-refractivity contribution in [1.82, 2.24) is 9.13 Å².